The van der Waals surface area contributed by atoms with Crippen LogP contribution in [0.4, 0.5) is 17.6 Å². The zero-order valence-corrected chi connectivity index (χ0v) is 7.78. The summed E-state index contributed by atoms with van der Waals surface area (Å²) in [7, 11) is 0.958. The van der Waals surface area contributed by atoms with Gasteiger partial charge in [-0.2, -0.15) is 0 Å². The Hall–Kier alpha value is -1.86. The molecule has 0 fully saturated rings. The number of imide groups is 1. The summed E-state index contributed by atoms with van der Waals surface area (Å²) >= 11 is 0. The van der Waals surface area contributed by atoms with Crippen LogP contribution in [0.5, 0.6) is 0 Å². The molecule has 0 atom stereocenters. The van der Waals surface area contributed by atoms with E-state index in [0.717, 1.165) is 7.98 Å². The molecule has 2 amide bonds. The molecule has 1 aliphatic rings. The summed E-state index contributed by atoms with van der Waals surface area (Å²) in [5, 5.41) is 0. The lowest BCUT2D eigenvalue weighted by molar-refractivity contribution is 0.0763. The van der Waals surface area contributed by atoms with Crippen molar-refractivity contribution in [1.29, 1.82) is 0 Å². The van der Waals surface area contributed by atoms with Crippen molar-refractivity contribution in [2.24, 2.45) is 0 Å². The standard InChI is InChI=1S/C8H2BF4NO2/c9-14-7(15)1-2(8(14)16)4(11)6(13)5(12)3(1)10/h9H2. The van der Waals surface area contributed by atoms with Gasteiger partial charge in [-0.1, -0.05) is 0 Å². The van der Waals surface area contributed by atoms with Crippen LogP contribution in [0.1, 0.15) is 20.7 Å². The highest BCUT2D eigenvalue weighted by Crippen LogP contribution is 2.30. The fourth-order valence-corrected chi connectivity index (χ4v) is 1.46. The van der Waals surface area contributed by atoms with Gasteiger partial charge in [-0.3, -0.25) is 9.59 Å². The highest BCUT2D eigenvalue weighted by molar-refractivity contribution is 6.36. The monoisotopic (exact) mass is 231 g/mol. The summed E-state index contributed by atoms with van der Waals surface area (Å²) in [6, 6.07) is 0. The zero-order chi connectivity index (χ0) is 12.2. The van der Waals surface area contributed by atoms with E-state index in [1.54, 1.807) is 0 Å². The van der Waals surface area contributed by atoms with Crippen molar-refractivity contribution in [3.8, 4) is 0 Å². The predicted octanol–water partition coefficient (Wildman–Crippen LogP) is 0.387. The smallest absolute Gasteiger partial charge is 0.252 e. The van der Waals surface area contributed by atoms with Crippen molar-refractivity contribution in [2.75, 3.05) is 0 Å². The Bertz CT molecular complexity index is 499. The number of halogens is 4. The van der Waals surface area contributed by atoms with Crippen LogP contribution in [-0.2, 0) is 0 Å². The summed E-state index contributed by atoms with van der Waals surface area (Å²) in [6.07, 6.45) is 0. The van der Waals surface area contributed by atoms with E-state index in [-0.39, 0.29) is 0 Å². The Morgan fingerprint density at radius 2 is 1.06 bits per heavy atom. The quantitative estimate of drug-likeness (QED) is 0.213. The van der Waals surface area contributed by atoms with Crippen molar-refractivity contribution in [1.82, 2.24) is 4.81 Å². The van der Waals surface area contributed by atoms with E-state index in [4.69, 9.17) is 0 Å². The van der Waals surface area contributed by atoms with E-state index in [0.29, 0.717) is 4.81 Å². The van der Waals surface area contributed by atoms with Crippen LogP contribution in [-0.4, -0.2) is 24.6 Å². The average Bonchev–Trinajstić information content (AvgIpc) is 2.48. The van der Waals surface area contributed by atoms with E-state index in [1.165, 1.54) is 0 Å². The van der Waals surface area contributed by atoms with Gasteiger partial charge in [0.2, 0.25) is 7.98 Å². The molecule has 0 saturated carbocycles. The summed E-state index contributed by atoms with van der Waals surface area (Å²) in [5.74, 6) is -10.3. The minimum atomic E-state index is -2.10. The van der Waals surface area contributed by atoms with Gasteiger partial charge < -0.3 is 4.81 Å². The molecule has 0 N–H and O–H groups in total. The second kappa shape index (κ2) is 3.07. The van der Waals surface area contributed by atoms with Crippen molar-refractivity contribution in [3.05, 3.63) is 34.4 Å². The number of nitrogens with zero attached hydrogens (tertiary/aromatic N) is 1. The molecule has 82 valence electrons. The number of carbonyl (C=O) groups is 2. The second-order valence-corrected chi connectivity index (χ2v) is 3.18. The largest absolute Gasteiger partial charge is 0.328 e. The SMILES string of the molecule is BN1C(=O)c2c(F)c(F)c(F)c(F)c2C1=O. The molecule has 1 aliphatic heterocycles. The first kappa shape index (κ1) is 10.7. The molecule has 0 aromatic heterocycles. The fraction of sp³-hybridized carbons (Fsp3) is 0. The minimum absolute atomic E-state index is 0.385. The fourth-order valence-electron chi connectivity index (χ4n) is 1.46. The Kier molecular flexibility index (Phi) is 2.04. The third kappa shape index (κ3) is 1.04. The normalized spacial score (nSPS) is 14.6. The van der Waals surface area contributed by atoms with E-state index >= 15 is 0 Å². The van der Waals surface area contributed by atoms with Gasteiger partial charge in [-0.25, -0.2) is 17.6 Å². The number of benzene rings is 1. The molecule has 0 unspecified atom stereocenters. The highest BCUT2D eigenvalue weighted by atomic mass is 19.2. The van der Waals surface area contributed by atoms with Gasteiger partial charge in [-0.05, 0) is 0 Å². The van der Waals surface area contributed by atoms with E-state index in [9.17, 15) is 27.2 Å². The maximum absolute atomic E-state index is 13.2. The maximum Gasteiger partial charge on any atom is 0.252 e. The third-order valence-electron chi connectivity index (χ3n) is 2.30. The van der Waals surface area contributed by atoms with Gasteiger partial charge in [0.1, 0.15) is 0 Å². The summed E-state index contributed by atoms with van der Waals surface area (Å²) in [6.45, 7) is 0. The second-order valence-electron chi connectivity index (χ2n) is 3.18. The molecule has 3 nitrogen and oxygen atoms in total. The van der Waals surface area contributed by atoms with Crippen molar-refractivity contribution < 1.29 is 27.2 Å². The van der Waals surface area contributed by atoms with Crippen molar-refractivity contribution >= 4 is 19.8 Å². The number of hydrogen-bond acceptors (Lipinski definition) is 2. The molecule has 1 aromatic rings. The average molecular weight is 231 g/mol. The van der Waals surface area contributed by atoms with Gasteiger partial charge in [0.05, 0.1) is 11.1 Å². The first-order valence-corrected chi connectivity index (χ1v) is 4.06. The van der Waals surface area contributed by atoms with Crippen LogP contribution in [0.25, 0.3) is 0 Å². The summed E-state index contributed by atoms with van der Waals surface area (Å²) < 4.78 is 51.9. The molecule has 8 heteroatoms. The third-order valence-corrected chi connectivity index (χ3v) is 2.30. The number of carbonyl (C=O) groups excluding carboxylic acids is 2. The van der Waals surface area contributed by atoms with Crippen LogP contribution in [0, 0.1) is 23.3 Å². The molecule has 16 heavy (non-hydrogen) atoms. The summed E-state index contributed by atoms with van der Waals surface area (Å²) in [4.78, 5) is 22.9. The van der Waals surface area contributed by atoms with Crippen molar-refractivity contribution in [3.63, 3.8) is 0 Å². The lowest BCUT2D eigenvalue weighted by Crippen LogP contribution is -2.26. The molecular weight excluding hydrogens is 229 g/mol. The number of hydrogen-bond donors (Lipinski definition) is 0. The summed E-state index contributed by atoms with van der Waals surface area (Å²) in [5.41, 5.74) is -2.13. The first-order chi connectivity index (χ1) is 7.37. The molecule has 0 bridgehead atoms. The molecule has 1 heterocycles. The van der Waals surface area contributed by atoms with Gasteiger partial charge in [0.15, 0.2) is 23.3 Å². The van der Waals surface area contributed by atoms with Gasteiger partial charge in [0, 0.05) is 0 Å². The van der Waals surface area contributed by atoms with Gasteiger partial charge >= 0.3 is 0 Å². The first-order valence-electron chi connectivity index (χ1n) is 4.06. The van der Waals surface area contributed by atoms with E-state index < -0.39 is 46.2 Å². The number of fused-ring (bicyclic) bond motifs is 1. The lowest BCUT2D eigenvalue weighted by atomic mass is 10.1. The Morgan fingerprint density at radius 1 is 0.750 bits per heavy atom. The molecular formula is C8H2BF4NO2. The maximum atomic E-state index is 13.2. The molecule has 2 rings (SSSR count). The van der Waals surface area contributed by atoms with Gasteiger partial charge in [-0.15, -0.1) is 0 Å². The minimum Gasteiger partial charge on any atom is -0.328 e. The molecule has 1 aromatic carbocycles. The van der Waals surface area contributed by atoms with Crippen LogP contribution < -0.4 is 0 Å². The molecule has 0 spiro atoms. The van der Waals surface area contributed by atoms with E-state index in [1.807, 2.05) is 0 Å². The van der Waals surface area contributed by atoms with E-state index in [2.05, 4.69) is 0 Å². The van der Waals surface area contributed by atoms with Crippen molar-refractivity contribution in [2.45, 2.75) is 0 Å². The predicted molar refractivity (Wildman–Crippen MR) is 45.3 cm³/mol. The topological polar surface area (TPSA) is 37.4 Å². The Morgan fingerprint density at radius 3 is 1.38 bits per heavy atom. The molecule has 0 aliphatic carbocycles. The number of amides is 2. The van der Waals surface area contributed by atoms with Crippen LogP contribution in [0.15, 0.2) is 0 Å². The zero-order valence-electron chi connectivity index (χ0n) is 7.78. The number of rotatable bonds is 0. The molecule has 0 saturated heterocycles. The van der Waals surface area contributed by atoms with Gasteiger partial charge in [0.25, 0.3) is 11.8 Å². The lowest BCUT2D eigenvalue weighted by Gasteiger charge is -2.03. The van der Waals surface area contributed by atoms with Crippen LogP contribution in [0.3, 0.4) is 0 Å². The highest BCUT2D eigenvalue weighted by Gasteiger charge is 2.41. The van der Waals surface area contributed by atoms with Crippen LogP contribution >= 0.6 is 0 Å². The Balaban J connectivity index is 2.91. The Labute approximate surface area is 87.1 Å². The van der Waals surface area contributed by atoms with Crippen LogP contribution in [0.2, 0.25) is 0 Å². The molecule has 0 radical (unpaired) electrons.